The van der Waals surface area contributed by atoms with Crippen molar-refractivity contribution in [3.63, 3.8) is 0 Å². The number of hydrogen-bond donors (Lipinski definition) is 1. The van der Waals surface area contributed by atoms with Crippen molar-refractivity contribution in [3.8, 4) is 0 Å². The highest BCUT2D eigenvalue weighted by molar-refractivity contribution is 5.87. The molecule has 1 N–H and O–H groups in total. The van der Waals surface area contributed by atoms with Crippen LogP contribution in [-0.4, -0.2) is 10.9 Å². The smallest absolute Gasteiger partial charge is 0.0601 e. The molecule has 2 fully saturated rings. The molecule has 0 aromatic heterocycles. The van der Waals surface area contributed by atoms with Crippen molar-refractivity contribution in [2.24, 2.45) is 17.0 Å². The second-order valence-corrected chi connectivity index (χ2v) is 3.51. The lowest BCUT2D eigenvalue weighted by Gasteiger charge is -2.18. The highest BCUT2D eigenvalue weighted by Gasteiger charge is 2.33. The van der Waals surface area contributed by atoms with Crippen molar-refractivity contribution in [1.29, 1.82) is 0 Å². The van der Waals surface area contributed by atoms with Gasteiger partial charge in [-0.1, -0.05) is 5.16 Å². The van der Waals surface area contributed by atoms with Crippen LogP contribution in [-0.2, 0) is 0 Å². The molecule has 2 heteroatoms. The van der Waals surface area contributed by atoms with E-state index in [4.69, 9.17) is 5.21 Å². The van der Waals surface area contributed by atoms with Crippen molar-refractivity contribution < 1.29 is 5.21 Å². The van der Waals surface area contributed by atoms with Gasteiger partial charge in [-0.05, 0) is 38.0 Å². The minimum atomic E-state index is 0.642. The number of rotatable bonds is 0. The van der Waals surface area contributed by atoms with E-state index in [0.29, 0.717) is 5.92 Å². The van der Waals surface area contributed by atoms with Crippen molar-refractivity contribution in [1.82, 2.24) is 0 Å². The van der Waals surface area contributed by atoms with Crippen molar-refractivity contribution in [3.05, 3.63) is 0 Å². The SMILES string of the molecule is ON=C1CCC2CCC1C2. The number of nitrogens with zero attached hydrogens (tertiary/aromatic N) is 1. The summed E-state index contributed by atoms with van der Waals surface area (Å²) in [6, 6.07) is 0. The molecule has 0 aromatic rings. The Bertz CT molecular complexity index is 165. The lowest BCUT2D eigenvalue weighted by atomic mass is 9.88. The Morgan fingerprint density at radius 2 is 2.20 bits per heavy atom. The van der Waals surface area contributed by atoms with Crippen LogP contribution in [0.2, 0.25) is 0 Å². The number of oxime groups is 1. The third-order valence-corrected chi connectivity index (χ3v) is 2.95. The molecule has 2 unspecified atom stereocenters. The summed E-state index contributed by atoms with van der Waals surface area (Å²) in [6.45, 7) is 0. The fourth-order valence-corrected chi connectivity index (χ4v) is 2.33. The Hall–Kier alpha value is -0.530. The van der Waals surface area contributed by atoms with E-state index in [2.05, 4.69) is 5.16 Å². The lowest BCUT2D eigenvalue weighted by Crippen LogP contribution is -2.17. The van der Waals surface area contributed by atoms with E-state index in [9.17, 15) is 0 Å². The van der Waals surface area contributed by atoms with Gasteiger partial charge < -0.3 is 5.21 Å². The van der Waals surface area contributed by atoms with Crippen molar-refractivity contribution in [2.75, 3.05) is 0 Å². The summed E-state index contributed by atoms with van der Waals surface area (Å²) in [5, 5.41) is 11.9. The summed E-state index contributed by atoms with van der Waals surface area (Å²) in [4.78, 5) is 0. The largest absolute Gasteiger partial charge is 0.411 e. The van der Waals surface area contributed by atoms with Gasteiger partial charge in [-0.15, -0.1) is 0 Å². The van der Waals surface area contributed by atoms with Crippen molar-refractivity contribution >= 4 is 5.71 Å². The van der Waals surface area contributed by atoms with Crippen LogP contribution < -0.4 is 0 Å². The lowest BCUT2D eigenvalue weighted by molar-refractivity contribution is 0.309. The molecule has 0 aliphatic heterocycles. The molecule has 2 saturated carbocycles. The van der Waals surface area contributed by atoms with Gasteiger partial charge >= 0.3 is 0 Å². The molecule has 0 aromatic carbocycles. The summed E-state index contributed by atoms with van der Waals surface area (Å²) in [5.41, 5.74) is 1.06. The Labute approximate surface area is 60.9 Å². The van der Waals surface area contributed by atoms with Crippen LogP contribution in [0.1, 0.15) is 32.1 Å². The van der Waals surface area contributed by atoms with E-state index in [0.717, 1.165) is 18.1 Å². The third-order valence-electron chi connectivity index (χ3n) is 2.95. The van der Waals surface area contributed by atoms with E-state index in [1.54, 1.807) is 0 Å². The van der Waals surface area contributed by atoms with Gasteiger partial charge in [0, 0.05) is 5.92 Å². The first-order valence-corrected chi connectivity index (χ1v) is 4.11. The second kappa shape index (κ2) is 2.26. The van der Waals surface area contributed by atoms with E-state index in [1.165, 1.54) is 25.7 Å². The van der Waals surface area contributed by atoms with Crippen molar-refractivity contribution in [2.45, 2.75) is 32.1 Å². The predicted molar refractivity (Wildman–Crippen MR) is 39.3 cm³/mol. The Morgan fingerprint density at radius 3 is 3.00 bits per heavy atom. The summed E-state index contributed by atoms with van der Waals surface area (Å²) < 4.78 is 0. The predicted octanol–water partition coefficient (Wildman–Crippen LogP) is 2.03. The van der Waals surface area contributed by atoms with Gasteiger partial charge in [0.05, 0.1) is 5.71 Å². The first-order chi connectivity index (χ1) is 4.90. The number of hydrogen-bond acceptors (Lipinski definition) is 2. The van der Waals surface area contributed by atoms with Crippen LogP contribution in [0.25, 0.3) is 0 Å². The first kappa shape index (κ1) is 6.20. The Morgan fingerprint density at radius 1 is 1.30 bits per heavy atom. The van der Waals surface area contributed by atoms with Crippen LogP contribution >= 0.6 is 0 Å². The van der Waals surface area contributed by atoms with Gasteiger partial charge in [0.15, 0.2) is 0 Å². The molecule has 2 bridgehead atoms. The van der Waals surface area contributed by atoms with Gasteiger partial charge in [0.1, 0.15) is 0 Å². The van der Waals surface area contributed by atoms with Gasteiger partial charge in [-0.3, -0.25) is 0 Å². The molecule has 2 aliphatic carbocycles. The summed E-state index contributed by atoms with van der Waals surface area (Å²) in [7, 11) is 0. The van der Waals surface area contributed by atoms with Crippen LogP contribution in [0, 0.1) is 11.8 Å². The van der Waals surface area contributed by atoms with E-state index in [1.807, 2.05) is 0 Å². The van der Waals surface area contributed by atoms with Gasteiger partial charge in [0.2, 0.25) is 0 Å². The molecular weight excluding hydrogens is 126 g/mol. The van der Waals surface area contributed by atoms with E-state index < -0.39 is 0 Å². The molecule has 0 spiro atoms. The fourth-order valence-electron chi connectivity index (χ4n) is 2.33. The molecule has 56 valence electrons. The monoisotopic (exact) mass is 139 g/mol. The summed E-state index contributed by atoms with van der Waals surface area (Å²) >= 11 is 0. The summed E-state index contributed by atoms with van der Waals surface area (Å²) in [6.07, 6.45) is 6.23. The molecule has 2 aliphatic rings. The van der Waals surface area contributed by atoms with Crippen LogP contribution in [0.4, 0.5) is 0 Å². The van der Waals surface area contributed by atoms with E-state index in [-0.39, 0.29) is 0 Å². The normalized spacial score (nSPS) is 42.6. The van der Waals surface area contributed by atoms with Crippen LogP contribution in [0.3, 0.4) is 0 Å². The third kappa shape index (κ3) is 0.825. The minimum Gasteiger partial charge on any atom is -0.411 e. The molecule has 0 heterocycles. The summed E-state index contributed by atoms with van der Waals surface area (Å²) in [5.74, 6) is 1.60. The fraction of sp³-hybridized carbons (Fsp3) is 0.875. The number of fused-ring (bicyclic) bond motifs is 2. The zero-order chi connectivity index (χ0) is 6.97. The highest BCUT2D eigenvalue weighted by atomic mass is 16.4. The molecule has 0 saturated heterocycles. The van der Waals surface area contributed by atoms with Gasteiger partial charge in [-0.2, -0.15) is 0 Å². The van der Waals surface area contributed by atoms with Gasteiger partial charge in [-0.25, -0.2) is 0 Å². The standard InChI is InChI=1S/C8H13NO/c10-9-8-4-2-6-1-3-7(8)5-6/h6-7,10H,1-5H2. The maximum Gasteiger partial charge on any atom is 0.0601 e. The second-order valence-electron chi connectivity index (χ2n) is 3.51. The quantitative estimate of drug-likeness (QED) is 0.404. The van der Waals surface area contributed by atoms with Gasteiger partial charge in [0.25, 0.3) is 0 Å². The minimum absolute atomic E-state index is 0.642. The zero-order valence-electron chi connectivity index (χ0n) is 6.08. The molecular formula is C8H13NO. The Kier molecular flexibility index (Phi) is 1.40. The topological polar surface area (TPSA) is 32.6 Å². The average Bonchev–Trinajstić information content (AvgIpc) is 2.34. The molecule has 10 heavy (non-hydrogen) atoms. The maximum absolute atomic E-state index is 8.60. The molecule has 0 amide bonds. The highest BCUT2D eigenvalue weighted by Crippen LogP contribution is 2.40. The van der Waals surface area contributed by atoms with Crippen LogP contribution in [0.5, 0.6) is 0 Å². The van der Waals surface area contributed by atoms with Crippen LogP contribution in [0.15, 0.2) is 5.16 Å². The maximum atomic E-state index is 8.60. The van der Waals surface area contributed by atoms with E-state index >= 15 is 0 Å². The molecule has 2 rings (SSSR count). The first-order valence-electron chi connectivity index (χ1n) is 4.11. The molecule has 2 atom stereocenters. The molecule has 2 nitrogen and oxygen atoms in total. The Balaban J connectivity index is 2.14. The average molecular weight is 139 g/mol. The zero-order valence-corrected chi connectivity index (χ0v) is 6.08. The molecule has 0 radical (unpaired) electrons.